The lowest BCUT2D eigenvalue weighted by Crippen LogP contribution is -2.55. The monoisotopic (exact) mass is 512 g/mol. The maximum atomic E-state index is 14.1. The molecular formula is C27H33ClN4O4. The Labute approximate surface area is 217 Å². The van der Waals surface area contributed by atoms with E-state index >= 15 is 0 Å². The van der Waals surface area contributed by atoms with Crippen LogP contribution in [0.4, 0.5) is 4.79 Å². The van der Waals surface area contributed by atoms with Crippen molar-refractivity contribution in [1.29, 1.82) is 0 Å². The van der Waals surface area contributed by atoms with Crippen LogP contribution >= 0.6 is 11.6 Å². The molecule has 3 amide bonds. The van der Waals surface area contributed by atoms with E-state index < -0.39 is 0 Å². The molecule has 2 aromatic carbocycles. The Balaban J connectivity index is 1.85. The number of methoxy groups -OCH3 is 1. The van der Waals surface area contributed by atoms with Crippen LogP contribution in [-0.4, -0.2) is 67.0 Å². The molecule has 1 unspecified atom stereocenters. The zero-order chi connectivity index (χ0) is 25.8. The molecule has 9 heteroatoms. The second kappa shape index (κ2) is 11.2. The SMILES string of the molecule is CCOc1cc(OC)ccc1C1=NC(CC(C)C)[C@H](c2ccc(Cl)cc2)N1C(=O)N1CCNC(=O)C1. The maximum Gasteiger partial charge on any atom is 0.326 e. The van der Waals surface area contributed by atoms with Crippen molar-refractivity contribution in [2.45, 2.75) is 39.3 Å². The van der Waals surface area contributed by atoms with Crippen molar-refractivity contribution in [3.63, 3.8) is 0 Å². The van der Waals surface area contributed by atoms with Gasteiger partial charge in [-0.2, -0.15) is 0 Å². The summed E-state index contributed by atoms with van der Waals surface area (Å²) in [6.07, 6.45) is 0.779. The number of ether oxygens (including phenoxy) is 2. The van der Waals surface area contributed by atoms with E-state index in [1.165, 1.54) is 0 Å². The zero-order valence-electron chi connectivity index (χ0n) is 21.2. The van der Waals surface area contributed by atoms with Gasteiger partial charge in [-0.15, -0.1) is 0 Å². The largest absolute Gasteiger partial charge is 0.497 e. The van der Waals surface area contributed by atoms with E-state index in [4.69, 9.17) is 26.1 Å². The van der Waals surface area contributed by atoms with Crippen molar-refractivity contribution in [2.75, 3.05) is 33.4 Å². The quantitative estimate of drug-likeness (QED) is 0.591. The molecule has 4 rings (SSSR count). The molecular weight excluding hydrogens is 480 g/mol. The maximum absolute atomic E-state index is 14.1. The third-order valence-electron chi connectivity index (χ3n) is 6.33. The highest BCUT2D eigenvalue weighted by molar-refractivity contribution is 6.30. The molecule has 0 spiro atoms. The average molecular weight is 513 g/mol. The van der Waals surface area contributed by atoms with E-state index in [9.17, 15) is 9.59 Å². The highest BCUT2D eigenvalue weighted by Crippen LogP contribution is 2.40. The molecule has 2 heterocycles. The highest BCUT2D eigenvalue weighted by atomic mass is 35.5. The first-order valence-corrected chi connectivity index (χ1v) is 12.7. The van der Waals surface area contributed by atoms with Crippen LogP contribution in [-0.2, 0) is 4.79 Å². The number of amidine groups is 1. The number of piperazine rings is 1. The fourth-order valence-electron chi connectivity index (χ4n) is 4.74. The Hall–Kier alpha value is -3.26. The number of hydrogen-bond acceptors (Lipinski definition) is 5. The summed E-state index contributed by atoms with van der Waals surface area (Å²) in [5, 5.41) is 3.42. The van der Waals surface area contributed by atoms with Gasteiger partial charge in [0.25, 0.3) is 0 Å². The summed E-state index contributed by atoms with van der Waals surface area (Å²) in [7, 11) is 1.60. The van der Waals surface area contributed by atoms with Crippen molar-refractivity contribution >= 4 is 29.4 Å². The summed E-state index contributed by atoms with van der Waals surface area (Å²) < 4.78 is 11.4. The molecule has 1 N–H and O–H groups in total. The van der Waals surface area contributed by atoms with Gasteiger partial charge >= 0.3 is 6.03 Å². The summed E-state index contributed by atoms with van der Waals surface area (Å²) in [5.74, 6) is 1.95. The molecule has 2 aliphatic heterocycles. The van der Waals surface area contributed by atoms with Crippen LogP contribution in [0.1, 0.15) is 44.4 Å². The lowest BCUT2D eigenvalue weighted by molar-refractivity contribution is -0.123. The molecule has 1 saturated heterocycles. The van der Waals surface area contributed by atoms with Gasteiger partial charge < -0.3 is 19.7 Å². The van der Waals surface area contributed by atoms with Gasteiger partial charge in [-0.1, -0.05) is 37.6 Å². The van der Waals surface area contributed by atoms with Gasteiger partial charge in [0.1, 0.15) is 23.9 Å². The summed E-state index contributed by atoms with van der Waals surface area (Å²) in [6.45, 7) is 7.50. The van der Waals surface area contributed by atoms with Crippen LogP contribution in [0.5, 0.6) is 11.5 Å². The molecule has 1 fully saturated rings. The molecule has 2 aromatic rings. The van der Waals surface area contributed by atoms with E-state index in [-0.39, 0.29) is 30.6 Å². The van der Waals surface area contributed by atoms with Crippen molar-refractivity contribution in [3.8, 4) is 11.5 Å². The van der Waals surface area contributed by atoms with E-state index in [2.05, 4.69) is 19.2 Å². The first-order valence-electron chi connectivity index (χ1n) is 12.3. The number of urea groups is 1. The van der Waals surface area contributed by atoms with Gasteiger partial charge in [0.2, 0.25) is 5.91 Å². The summed E-state index contributed by atoms with van der Waals surface area (Å²) >= 11 is 6.19. The van der Waals surface area contributed by atoms with Gasteiger partial charge in [-0.3, -0.25) is 14.7 Å². The van der Waals surface area contributed by atoms with E-state index in [0.717, 1.165) is 12.0 Å². The lowest BCUT2D eigenvalue weighted by Gasteiger charge is -2.36. The highest BCUT2D eigenvalue weighted by Gasteiger charge is 2.44. The molecule has 2 aliphatic rings. The normalized spacial score (nSPS) is 19.8. The molecule has 0 saturated carbocycles. The zero-order valence-corrected chi connectivity index (χ0v) is 21.9. The Morgan fingerprint density at radius 2 is 1.97 bits per heavy atom. The second-order valence-corrected chi connectivity index (χ2v) is 9.80. The van der Waals surface area contributed by atoms with Gasteiger partial charge in [-0.25, -0.2) is 4.79 Å². The van der Waals surface area contributed by atoms with Crippen LogP contribution in [0.15, 0.2) is 47.5 Å². The number of carbonyl (C=O) groups is 2. The van der Waals surface area contributed by atoms with Gasteiger partial charge in [0, 0.05) is 24.2 Å². The predicted octanol–water partition coefficient (Wildman–Crippen LogP) is 4.52. The molecule has 8 nitrogen and oxygen atoms in total. The number of amides is 3. The molecule has 36 heavy (non-hydrogen) atoms. The molecule has 0 bridgehead atoms. The predicted molar refractivity (Wildman–Crippen MR) is 140 cm³/mol. The van der Waals surface area contributed by atoms with Gasteiger partial charge in [-0.05, 0) is 49.1 Å². The number of halogens is 1. The van der Waals surface area contributed by atoms with E-state index in [1.807, 2.05) is 49.4 Å². The minimum Gasteiger partial charge on any atom is -0.497 e. The Morgan fingerprint density at radius 1 is 1.22 bits per heavy atom. The molecule has 0 aliphatic carbocycles. The number of carbonyl (C=O) groups excluding carboxylic acids is 2. The van der Waals surface area contributed by atoms with Gasteiger partial charge in [0.15, 0.2) is 0 Å². The number of nitrogens with one attached hydrogen (secondary N) is 1. The van der Waals surface area contributed by atoms with Crippen LogP contribution in [0, 0.1) is 5.92 Å². The standard InChI is InChI=1S/C27H33ClN4O4/c1-5-36-23-15-20(35-4)10-11-21(23)26-30-22(14-17(2)3)25(18-6-8-19(28)9-7-18)32(26)27(34)31-13-12-29-24(33)16-31/h6-11,15,17,22,25H,5,12-14,16H2,1-4H3,(H,29,33)/t22?,25-/m0/s1. The first kappa shape index (κ1) is 25.8. The third-order valence-corrected chi connectivity index (χ3v) is 6.58. The fourth-order valence-corrected chi connectivity index (χ4v) is 4.87. The number of benzene rings is 2. The van der Waals surface area contributed by atoms with Crippen LogP contribution in [0.2, 0.25) is 5.02 Å². The lowest BCUT2D eigenvalue weighted by atomic mass is 9.93. The molecule has 2 atom stereocenters. The minimum atomic E-state index is -0.353. The molecule has 192 valence electrons. The Kier molecular flexibility index (Phi) is 8.04. The molecule has 0 radical (unpaired) electrons. The average Bonchev–Trinajstić information content (AvgIpc) is 3.22. The Morgan fingerprint density at radius 3 is 2.61 bits per heavy atom. The number of aliphatic imine (C=N–C) groups is 1. The summed E-state index contributed by atoms with van der Waals surface area (Å²) in [6, 6.07) is 12.3. The first-order chi connectivity index (χ1) is 17.3. The van der Waals surface area contributed by atoms with E-state index in [0.29, 0.717) is 53.5 Å². The third kappa shape index (κ3) is 5.43. The van der Waals surface area contributed by atoms with Crippen molar-refractivity contribution in [2.24, 2.45) is 10.9 Å². The second-order valence-electron chi connectivity index (χ2n) is 9.37. The van der Waals surface area contributed by atoms with Crippen LogP contribution in [0.25, 0.3) is 0 Å². The summed E-state index contributed by atoms with van der Waals surface area (Å²) in [5.41, 5.74) is 1.64. The van der Waals surface area contributed by atoms with Crippen molar-refractivity contribution in [1.82, 2.24) is 15.1 Å². The number of nitrogens with zero attached hydrogens (tertiary/aromatic N) is 3. The number of hydrogen-bond donors (Lipinski definition) is 1. The number of rotatable bonds is 7. The van der Waals surface area contributed by atoms with Crippen LogP contribution in [0.3, 0.4) is 0 Å². The minimum absolute atomic E-state index is 0.00568. The van der Waals surface area contributed by atoms with Gasteiger partial charge in [0.05, 0.1) is 31.4 Å². The molecule has 0 aromatic heterocycles. The fraction of sp³-hybridized carbons (Fsp3) is 0.444. The van der Waals surface area contributed by atoms with Crippen molar-refractivity contribution in [3.05, 3.63) is 58.6 Å². The smallest absolute Gasteiger partial charge is 0.326 e. The van der Waals surface area contributed by atoms with Crippen LogP contribution < -0.4 is 14.8 Å². The van der Waals surface area contributed by atoms with Crippen molar-refractivity contribution < 1.29 is 19.1 Å². The summed E-state index contributed by atoms with van der Waals surface area (Å²) in [4.78, 5) is 34.7. The Bertz CT molecular complexity index is 1140. The van der Waals surface area contributed by atoms with E-state index in [1.54, 1.807) is 16.9 Å². The topological polar surface area (TPSA) is 83.5 Å².